The summed E-state index contributed by atoms with van der Waals surface area (Å²) in [5.41, 5.74) is 0.298. The van der Waals surface area contributed by atoms with Crippen molar-refractivity contribution in [1.29, 1.82) is 0 Å². The van der Waals surface area contributed by atoms with E-state index in [0.29, 0.717) is 29.8 Å². The van der Waals surface area contributed by atoms with E-state index in [4.69, 9.17) is 16.3 Å². The van der Waals surface area contributed by atoms with Crippen molar-refractivity contribution in [2.75, 3.05) is 13.3 Å². The number of benzene rings is 2. The van der Waals surface area contributed by atoms with Crippen LogP contribution in [0.25, 0.3) is 0 Å². The first-order valence-corrected chi connectivity index (χ1v) is 10.8. The minimum Gasteiger partial charge on any atom is -0.490 e. The van der Waals surface area contributed by atoms with Crippen molar-refractivity contribution in [3.05, 3.63) is 58.9 Å². The number of alkyl halides is 1. The molecule has 27 heavy (non-hydrogen) atoms. The first kappa shape index (κ1) is 18.7. The molecule has 0 bridgehead atoms. The molecule has 3 nitrogen and oxygen atoms in total. The second-order valence-electron chi connectivity index (χ2n) is 7.19. The summed E-state index contributed by atoms with van der Waals surface area (Å²) in [5.74, 6) is -1.66. The van der Waals surface area contributed by atoms with Gasteiger partial charge in [-0.15, -0.1) is 0 Å². The third kappa shape index (κ3) is 2.68. The number of sulfone groups is 1. The van der Waals surface area contributed by atoms with Gasteiger partial charge in [-0.05, 0) is 49.1 Å². The largest absolute Gasteiger partial charge is 0.490 e. The molecule has 3 unspecified atom stereocenters. The van der Waals surface area contributed by atoms with Crippen molar-refractivity contribution >= 4 is 21.4 Å². The van der Waals surface area contributed by atoms with Crippen LogP contribution in [0.3, 0.4) is 0 Å². The molecule has 1 aliphatic heterocycles. The molecule has 4 rings (SSSR count). The van der Waals surface area contributed by atoms with Crippen molar-refractivity contribution in [3.8, 4) is 5.75 Å². The Hall–Kier alpha value is -1.66. The van der Waals surface area contributed by atoms with Crippen molar-refractivity contribution in [1.82, 2.24) is 0 Å². The summed E-state index contributed by atoms with van der Waals surface area (Å²) < 4.78 is 60.1. The Balaban J connectivity index is 1.99. The van der Waals surface area contributed by atoms with Gasteiger partial charge in [-0.1, -0.05) is 30.2 Å². The minimum absolute atomic E-state index is 0.0185. The van der Waals surface area contributed by atoms with E-state index in [1.165, 1.54) is 36.4 Å². The molecule has 1 heterocycles. The van der Waals surface area contributed by atoms with Crippen LogP contribution in [0.4, 0.5) is 8.78 Å². The average molecular weight is 413 g/mol. The number of halogens is 3. The summed E-state index contributed by atoms with van der Waals surface area (Å²) in [5, 5.41) is 0.423. The standard InChI is InChI=1S/C20H19ClF2O3S/c21-14-6-8-15(9-7-14)27(24,25)20-10-2-3-13(11-22)17(20)12-26-19-16(20)4-1-5-18(19)23/h1,4-9,13,17H,2-3,10-12H2. The highest BCUT2D eigenvalue weighted by atomic mass is 35.5. The minimum atomic E-state index is -3.95. The smallest absolute Gasteiger partial charge is 0.188 e. The monoisotopic (exact) mass is 412 g/mol. The molecule has 0 spiro atoms. The molecule has 2 aromatic rings. The van der Waals surface area contributed by atoms with Gasteiger partial charge in [-0.3, -0.25) is 4.39 Å². The second-order valence-corrected chi connectivity index (χ2v) is 9.83. The topological polar surface area (TPSA) is 43.4 Å². The van der Waals surface area contributed by atoms with Crippen LogP contribution in [0.2, 0.25) is 5.02 Å². The maximum Gasteiger partial charge on any atom is 0.188 e. The van der Waals surface area contributed by atoms with E-state index in [2.05, 4.69) is 0 Å². The molecule has 3 atom stereocenters. The highest BCUT2D eigenvalue weighted by molar-refractivity contribution is 7.92. The van der Waals surface area contributed by atoms with E-state index in [-0.39, 0.29) is 17.3 Å². The fraction of sp³-hybridized carbons (Fsp3) is 0.400. The third-order valence-corrected chi connectivity index (χ3v) is 8.75. The number of rotatable bonds is 3. The molecule has 1 fully saturated rings. The van der Waals surface area contributed by atoms with Gasteiger partial charge in [-0.2, -0.15) is 0 Å². The zero-order valence-electron chi connectivity index (χ0n) is 14.5. The number of ether oxygens (including phenoxy) is 1. The predicted octanol–water partition coefficient (Wildman–Crippen LogP) is 4.93. The SMILES string of the molecule is O=S(=O)(c1ccc(Cl)cc1)C12CCCC(CF)C1COc1c(F)cccc12. The fourth-order valence-electron chi connectivity index (χ4n) is 4.65. The van der Waals surface area contributed by atoms with Gasteiger partial charge >= 0.3 is 0 Å². The molecule has 144 valence electrons. The summed E-state index contributed by atoms with van der Waals surface area (Å²) in [6.45, 7) is -0.647. The van der Waals surface area contributed by atoms with Crippen LogP contribution >= 0.6 is 11.6 Å². The van der Waals surface area contributed by atoms with Crippen molar-refractivity contribution in [3.63, 3.8) is 0 Å². The zero-order valence-corrected chi connectivity index (χ0v) is 16.1. The maximum atomic E-state index is 14.4. The third-order valence-electron chi connectivity index (χ3n) is 5.92. The Morgan fingerprint density at radius 1 is 1.19 bits per heavy atom. The molecule has 1 aliphatic carbocycles. The van der Waals surface area contributed by atoms with E-state index in [9.17, 15) is 17.2 Å². The van der Waals surface area contributed by atoms with Crippen molar-refractivity contribution < 1.29 is 21.9 Å². The molecule has 1 saturated carbocycles. The van der Waals surface area contributed by atoms with E-state index >= 15 is 0 Å². The van der Waals surface area contributed by atoms with Gasteiger partial charge in [0.05, 0.1) is 18.2 Å². The summed E-state index contributed by atoms with van der Waals surface area (Å²) in [4.78, 5) is 0.105. The second kappa shape index (κ2) is 6.74. The van der Waals surface area contributed by atoms with Crippen LogP contribution < -0.4 is 4.74 Å². The van der Waals surface area contributed by atoms with Crippen molar-refractivity contribution in [2.24, 2.45) is 11.8 Å². The molecular weight excluding hydrogens is 394 g/mol. The maximum absolute atomic E-state index is 14.4. The highest BCUT2D eigenvalue weighted by Crippen LogP contribution is 2.57. The van der Waals surface area contributed by atoms with Crippen molar-refractivity contribution in [2.45, 2.75) is 28.9 Å². The molecular formula is C20H19ClF2O3S. The molecule has 7 heteroatoms. The summed E-state index contributed by atoms with van der Waals surface area (Å²) in [6.07, 6.45) is 1.44. The van der Waals surface area contributed by atoms with E-state index in [1.807, 2.05) is 0 Å². The van der Waals surface area contributed by atoms with Gasteiger partial charge in [0, 0.05) is 16.5 Å². The molecule has 0 radical (unpaired) electrons. The number of hydrogen-bond acceptors (Lipinski definition) is 3. The van der Waals surface area contributed by atoms with E-state index in [0.717, 1.165) is 0 Å². The first-order chi connectivity index (χ1) is 12.9. The summed E-state index contributed by atoms with van der Waals surface area (Å²) in [7, 11) is -3.95. The number of fused-ring (bicyclic) bond motifs is 3. The van der Waals surface area contributed by atoms with Gasteiger partial charge in [0.15, 0.2) is 21.4 Å². The summed E-state index contributed by atoms with van der Waals surface area (Å²) in [6, 6.07) is 10.3. The van der Waals surface area contributed by atoms with Gasteiger partial charge in [0.25, 0.3) is 0 Å². The van der Waals surface area contributed by atoms with Crippen LogP contribution in [-0.2, 0) is 14.6 Å². The van der Waals surface area contributed by atoms with Gasteiger partial charge < -0.3 is 4.74 Å². The van der Waals surface area contributed by atoms with Gasteiger partial charge in [0.2, 0.25) is 0 Å². The lowest BCUT2D eigenvalue weighted by atomic mass is 9.68. The molecule has 0 aromatic heterocycles. The Morgan fingerprint density at radius 2 is 1.93 bits per heavy atom. The van der Waals surface area contributed by atoms with E-state index < -0.39 is 38.9 Å². The molecule has 2 aromatic carbocycles. The lowest BCUT2D eigenvalue weighted by Gasteiger charge is -2.49. The fourth-order valence-corrected chi connectivity index (χ4v) is 7.21. The normalized spacial score (nSPS) is 27.4. The zero-order chi connectivity index (χ0) is 19.2. The molecule has 0 amide bonds. The van der Waals surface area contributed by atoms with E-state index in [1.54, 1.807) is 6.07 Å². The molecule has 0 saturated heterocycles. The molecule has 2 aliphatic rings. The Kier molecular flexibility index (Phi) is 4.67. The Labute approximate surface area is 162 Å². The highest BCUT2D eigenvalue weighted by Gasteiger charge is 2.59. The van der Waals surface area contributed by atoms with Crippen LogP contribution in [0.1, 0.15) is 24.8 Å². The number of hydrogen-bond donors (Lipinski definition) is 0. The van der Waals surface area contributed by atoms with Crippen LogP contribution in [-0.4, -0.2) is 21.7 Å². The lowest BCUT2D eigenvalue weighted by molar-refractivity contribution is 0.0648. The Bertz CT molecular complexity index is 962. The summed E-state index contributed by atoms with van der Waals surface area (Å²) >= 11 is 5.92. The first-order valence-electron chi connectivity index (χ1n) is 8.90. The molecule has 0 N–H and O–H groups in total. The number of para-hydroxylation sites is 1. The quantitative estimate of drug-likeness (QED) is 0.718. The van der Waals surface area contributed by atoms with Gasteiger partial charge in [-0.25, -0.2) is 12.8 Å². The van der Waals surface area contributed by atoms with Crippen LogP contribution in [0.5, 0.6) is 5.75 Å². The van der Waals surface area contributed by atoms with Crippen LogP contribution in [0.15, 0.2) is 47.4 Å². The lowest BCUT2D eigenvalue weighted by Crippen LogP contribution is -2.54. The Morgan fingerprint density at radius 3 is 2.63 bits per heavy atom. The predicted molar refractivity (Wildman–Crippen MR) is 99.0 cm³/mol. The van der Waals surface area contributed by atoms with Crippen LogP contribution in [0, 0.1) is 17.7 Å². The average Bonchev–Trinajstić information content (AvgIpc) is 2.67. The van der Waals surface area contributed by atoms with Gasteiger partial charge in [0.1, 0.15) is 4.75 Å².